The van der Waals surface area contributed by atoms with E-state index in [0.29, 0.717) is 24.3 Å². The fraction of sp³-hybridized carbons (Fsp3) is 0.375. The third-order valence-electron chi connectivity index (χ3n) is 10.0. The van der Waals surface area contributed by atoms with Gasteiger partial charge in [-0.1, -0.05) is 17.7 Å². The number of carbonyl (C=O) groups is 3. The van der Waals surface area contributed by atoms with Crippen molar-refractivity contribution in [3.63, 3.8) is 0 Å². The monoisotopic (exact) mass is 711 g/mol. The van der Waals surface area contributed by atoms with Gasteiger partial charge in [-0.15, -0.1) is 11.3 Å². The first-order valence-electron chi connectivity index (χ1n) is 15.4. The van der Waals surface area contributed by atoms with Crippen LogP contribution in [0.4, 0.5) is 28.8 Å². The normalized spacial score (nSPS) is 24.8. The van der Waals surface area contributed by atoms with Crippen molar-refractivity contribution in [3.05, 3.63) is 40.4 Å². The highest BCUT2D eigenvalue weighted by Crippen LogP contribution is 2.47. The maximum absolute atomic E-state index is 17.0. The Morgan fingerprint density at radius 1 is 1.22 bits per heavy atom. The molecule has 4 aromatic rings. The van der Waals surface area contributed by atoms with Gasteiger partial charge < -0.3 is 14.7 Å². The number of rotatable bonds is 6. The summed E-state index contributed by atoms with van der Waals surface area (Å²) in [4.78, 5) is 49.2. The second-order valence-corrected chi connectivity index (χ2v) is 14.2. The van der Waals surface area contributed by atoms with Gasteiger partial charge in [-0.05, 0) is 37.1 Å². The van der Waals surface area contributed by atoms with Crippen molar-refractivity contribution in [1.29, 1.82) is 5.26 Å². The van der Waals surface area contributed by atoms with Crippen molar-refractivity contribution in [2.75, 3.05) is 43.0 Å². The van der Waals surface area contributed by atoms with E-state index in [-0.39, 0.29) is 85.6 Å². The van der Waals surface area contributed by atoms with Crippen LogP contribution in [0.3, 0.4) is 0 Å². The van der Waals surface area contributed by atoms with Gasteiger partial charge in [0.2, 0.25) is 11.8 Å². The van der Waals surface area contributed by atoms with Crippen LogP contribution in [0.2, 0.25) is 5.02 Å². The summed E-state index contributed by atoms with van der Waals surface area (Å²) in [5.74, 6) is -3.65. The largest absolute Gasteiger partial charge is 0.465 e. The van der Waals surface area contributed by atoms with Crippen LogP contribution >= 0.6 is 22.9 Å². The minimum Gasteiger partial charge on any atom is -0.465 e. The van der Waals surface area contributed by atoms with Crippen molar-refractivity contribution in [2.24, 2.45) is 11.8 Å². The number of nitrogens with one attached hydrogen (secondary N) is 2. The molecule has 4 saturated heterocycles. The molecule has 12 nitrogen and oxygen atoms in total. The van der Waals surface area contributed by atoms with Gasteiger partial charge in [0.15, 0.2) is 5.82 Å². The van der Waals surface area contributed by atoms with E-state index in [0.717, 1.165) is 19.0 Å². The van der Waals surface area contributed by atoms with Crippen molar-refractivity contribution < 1.29 is 37.4 Å². The van der Waals surface area contributed by atoms with Crippen LogP contribution in [0.1, 0.15) is 24.8 Å². The van der Waals surface area contributed by atoms with E-state index in [2.05, 4.69) is 20.6 Å². The molecule has 3 amide bonds. The number of imide groups is 1. The zero-order valence-electron chi connectivity index (χ0n) is 25.4. The number of nitrogens with zero attached hydrogens (tertiary/aromatic N) is 5. The zero-order chi connectivity index (χ0) is 34.4. The van der Waals surface area contributed by atoms with E-state index in [4.69, 9.17) is 16.3 Å². The number of hydrogen-bond acceptors (Lipinski definition) is 10. The quantitative estimate of drug-likeness (QED) is 0.231. The molecule has 2 aromatic heterocycles. The third-order valence-corrected chi connectivity index (χ3v) is 11.4. The molecule has 252 valence electrons. The molecule has 0 unspecified atom stereocenters. The Kier molecular flexibility index (Phi) is 7.36. The second kappa shape index (κ2) is 11.4. The van der Waals surface area contributed by atoms with Crippen LogP contribution < -0.4 is 20.3 Å². The molecule has 6 heterocycles. The number of aromatic nitrogens is 2. The first-order chi connectivity index (χ1) is 23.5. The predicted molar refractivity (Wildman–Crippen MR) is 173 cm³/mol. The molecule has 4 fully saturated rings. The summed E-state index contributed by atoms with van der Waals surface area (Å²) in [5, 5.41) is 23.5. The van der Waals surface area contributed by atoms with Gasteiger partial charge >= 0.3 is 12.1 Å². The summed E-state index contributed by atoms with van der Waals surface area (Å²) < 4.78 is 52.6. The van der Waals surface area contributed by atoms with Gasteiger partial charge in [-0.2, -0.15) is 15.2 Å². The lowest BCUT2D eigenvalue weighted by atomic mass is 9.95. The van der Waals surface area contributed by atoms with Crippen molar-refractivity contribution in [2.45, 2.75) is 31.0 Å². The lowest BCUT2D eigenvalue weighted by Gasteiger charge is -2.31. The van der Waals surface area contributed by atoms with E-state index in [9.17, 15) is 29.1 Å². The fourth-order valence-corrected chi connectivity index (χ4v) is 9.21. The number of anilines is 2. The van der Waals surface area contributed by atoms with Crippen LogP contribution in [-0.2, 0) is 9.59 Å². The van der Waals surface area contributed by atoms with Crippen LogP contribution in [-0.4, -0.2) is 82.4 Å². The molecule has 2 aromatic carbocycles. The number of nitriles is 1. The van der Waals surface area contributed by atoms with E-state index >= 15 is 8.78 Å². The minimum atomic E-state index is -1.47. The smallest absolute Gasteiger partial charge is 0.409 e. The summed E-state index contributed by atoms with van der Waals surface area (Å²) in [6.45, 7) is 1.27. The Morgan fingerprint density at radius 2 is 1.98 bits per heavy atom. The number of thiophene rings is 1. The highest BCUT2D eigenvalue weighted by atomic mass is 35.5. The number of alkyl halides is 1. The molecule has 17 heteroatoms. The SMILES string of the molecule is N#Cc1c(NC(=O)O)sc2c(F)ccc(-c3c(Cl)cc4c(N5C[C@@H]6C(=O)NC(=O)[C@@H]6C5)nc(OC[C@@]56CCCN5C[C@H](F)C6)nc4c3F)c12. The van der Waals surface area contributed by atoms with Crippen LogP contribution in [0, 0.1) is 34.8 Å². The van der Waals surface area contributed by atoms with Crippen LogP contribution in [0.15, 0.2) is 18.2 Å². The molecule has 4 aliphatic rings. The maximum atomic E-state index is 17.0. The Labute approximate surface area is 284 Å². The molecule has 0 radical (unpaired) electrons. The van der Waals surface area contributed by atoms with E-state index in [1.54, 1.807) is 4.90 Å². The van der Waals surface area contributed by atoms with Gasteiger partial charge in [0.1, 0.15) is 41.0 Å². The molecule has 4 aliphatic heterocycles. The molecule has 0 spiro atoms. The van der Waals surface area contributed by atoms with Crippen molar-refractivity contribution >= 4 is 72.7 Å². The number of ether oxygens (including phenoxy) is 1. The average molecular weight is 712 g/mol. The maximum Gasteiger partial charge on any atom is 0.409 e. The Morgan fingerprint density at radius 3 is 2.69 bits per heavy atom. The van der Waals surface area contributed by atoms with Crippen LogP contribution in [0.25, 0.3) is 32.1 Å². The minimum absolute atomic E-state index is 0.0214. The summed E-state index contributed by atoms with van der Waals surface area (Å²) in [6.07, 6.45) is -0.639. The van der Waals surface area contributed by atoms with Crippen LogP contribution in [0.5, 0.6) is 6.01 Å². The Hall–Kier alpha value is -4.72. The molecular weight excluding hydrogens is 687 g/mol. The van der Waals surface area contributed by atoms with E-state index < -0.39 is 53.1 Å². The first-order valence-corrected chi connectivity index (χ1v) is 16.6. The lowest BCUT2D eigenvalue weighted by molar-refractivity contribution is -0.126. The molecule has 3 N–H and O–H groups in total. The molecule has 0 bridgehead atoms. The predicted octanol–water partition coefficient (Wildman–Crippen LogP) is 5.07. The molecule has 0 saturated carbocycles. The Bertz CT molecular complexity index is 2160. The molecule has 49 heavy (non-hydrogen) atoms. The topological polar surface area (TPSA) is 161 Å². The zero-order valence-corrected chi connectivity index (χ0v) is 26.9. The standard InChI is InChI=1S/C32H25ClF3N7O5S/c33-19-6-15-24(23(36)22(19)14-2-3-20(35)25-21(14)16(8-37)29(49-25)41-31(46)47)38-30(48-12-32-4-1-5-43(32)9-13(34)7-32)39-26(15)42-10-17-18(11-42)28(45)40-27(17)44/h2-3,6,13,17-18,41H,1,4-5,7,9-12H2,(H,46,47)(H,40,44,45)/t13-,17-,18+,32+/m1/s1. The van der Waals surface area contributed by atoms with Gasteiger partial charge in [0.25, 0.3) is 0 Å². The number of halogens is 4. The summed E-state index contributed by atoms with van der Waals surface area (Å²) in [5.41, 5.74) is -1.22. The van der Waals surface area contributed by atoms with Crippen molar-refractivity contribution in [3.8, 4) is 23.2 Å². The first kappa shape index (κ1) is 31.5. The van der Waals surface area contributed by atoms with Crippen molar-refractivity contribution in [1.82, 2.24) is 20.2 Å². The lowest BCUT2D eigenvalue weighted by Crippen LogP contribution is -2.43. The highest BCUT2D eigenvalue weighted by molar-refractivity contribution is 7.23. The third kappa shape index (κ3) is 4.93. The van der Waals surface area contributed by atoms with E-state index in [1.165, 1.54) is 12.1 Å². The molecule has 0 aliphatic carbocycles. The van der Waals surface area contributed by atoms with Gasteiger partial charge in [-0.3, -0.25) is 25.1 Å². The summed E-state index contributed by atoms with van der Waals surface area (Å²) >= 11 is 7.45. The van der Waals surface area contributed by atoms with Gasteiger partial charge in [-0.25, -0.2) is 18.0 Å². The number of amides is 3. The summed E-state index contributed by atoms with van der Waals surface area (Å²) in [6, 6.07) is 5.41. The summed E-state index contributed by atoms with van der Waals surface area (Å²) in [7, 11) is 0. The van der Waals surface area contributed by atoms with Gasteiger partial charge in [0.05, 0.1) is 32.7 Å². The Balaban J connectivity index is 1.29. The number of hydrogen-bond donors (Lipinski definition) is 3. The highest BCUT2D eigenvalue weighted by Gasteiger charge is 2.50. The van der Waals surface area contributed by atoms with E-state index in [1.807, 2.05) is 11.0 Å². The fourth-order valence-electron chi connectivity index (χ4n) is 7.85. The molecule has 8 rings (SSSR count). The number of carbonyl (C=O) groups excluding carboxylic acids is 2. The number of benzene rings is 2. The average Bonchev–Trinajstić information content (AvgIpc) is 3.85. The number of carboxylic acid groups (broad SMARTS) is 1. The number of fused-ring (bicyclic) bond motifs is 4. The molecule has 4 atom stereocenters. The van der Waals surface area contributed by atoms with Gasteiger partial charge in [0, 0.05) is 42.4 Å². The molecular formula is C32H25ClF3N7O5S. The second-order valence-electron chi connectivity index (χ2n) is 12.8.